The van der Waals surface area contributed by atoms with Gasteiger partial charge < -0.3 is 10.0 Å². The molecule has 0 aliphatic carbocycles. The molecule has 4 heteroatoms. The van der Waals surface area contributed by atoms with Gasteiger partial charge in [-0.2, -0.15) is 5.26 Å². The molecule has 23 heavy (non-hydrogen) atoms. The average molecular weight is 306 g/mol. The van der Waals surface area contributed by atoms with Crippen molar-refractivity contribution in [2.75, 3.05) is 6.61 Å². The van der Waals surface area contributed by atoms with Crippen molar-refractivity contribution < 1.29 is 9.90 Å². The highest BCUT2D eigenvalue weighted by molar-refractivity contribution is 5.96. The number of carbonyl (C=O) groups is 1. The van der Waals surface area contributed by atoms with Gasteiger partial charge in [0.25, 0.3) is 5.91 Å². The summed E-state index contributed by atoms with van der Waals surface area (Å²) in [6, 6.07) is 18.0. The van der Waals surface area contributed by atoms with Gasteiger partial charge in [0.05, 0.1) is 18.7 Å². The van der Waals surface area contributed by atoms with E-state index in [0.29, 0.717) is 18.4 Å². The van der Waals surface area contributed by atoms with Gasteiger partial charge in [0.2, 0.25) is 0 Å². The Bertz CT molecular complexity index is 737. The fourth-order valence-corrected chi connectivity index (χ4v) is 3.17. The molecule has 1 heterocycles. The highest BCUT2D eigenvalue weighted by Gasteiger charge is 2.35. The fourth-order valence-electron chi connectivity index (χ4n) is 3.17. The van der Waals surface area contributed by atoms with E-state index in [1.165, 1.54) is 0 Å². The number of benzene rings is 2. The molecule has 0 bridgehead atoms. The molecular weight excluding hydrogens is 288 g/mol. The summed E-state index contributed by atoms with van der Waals surface area (Å²) in [5.74, 6) is -0.187. The number of rotatable bonds is 3. The van der Waals surface area contributed by atoms with Crippen molar-refractivity contribution in [2.45, 2.75) is 24.9 Å². The molecule has 2 aromatic rings. The molecular formula is C19H18N2O2. The SMILES string of the molecule is N#C[C@H]1CCc2ccccc2C(=O)N1[C@@H](CO)c1ccccc1. The zero-order valence-electron chi connectivity index (χ0n) is 12.7. The van der Waals surface area contributed by atoms with Gasteiger partial charge in [-0.15, -0.1) is 0 Å². The lowest BCUT2D eigenvalue weighted by atomic mass is 10.0. The standard InChI is InChI=1S/C19H18N2O2/c20-12-16-11-10-14-6-4-5-9-17(14)19(23)21(16)18(13-22)15-7-2-1-3-8-15/h1-9,16,18,22H,10-11,13H2/t16-,18+/m1/s1. The molecule has 1 aliphatic rings. The van der Waals surface area contributed by atoms with Crippen LogP contribution in [0, 0.1) is 11.3 Å². The molecule has 0 aromatic heterocycles. The maximum absolute atomic E-state index is 13.0. The maximum atomic E-state index is 13.0. The minimum atomic E-state index is -0.549. The van der Waals surface area contributed by atoms with Crippen molar-refractivity contribution >= 4 is 5.91 Å². The molecule has 1 aliphatic heterocycles. The zero-order chi connectivity index (χ0) is 16.2. The molecule has 0 saturated carbocycles. The number of amides is 1. The third-order valence-electron chi connectivity index (χ3n) is 4.35. The number of hydrogen-bond acceptors (Lipinski definition) is 3. The lowest BCUT2D eigenvalue weighted by Gasteiger charge is -2.33. The first kappa shape index (κ1) is 15.3. The number of carbonyl (C=O) groups excluding carboxylic acids is 1. The summed E-state index contributed by atoms with van der Waals surface area (Å²) >= 11 is 0. The summed E-state index contributed by atoms with van der Waals surface area (Å²) in [6.45, 7) is -0.212. The van der Waals surface area contributed by atoms with E-state index in [-0.39, 0.29) is 12.5 Å². The summed E-state index contributed by atoms with van der Waals surface area (Å²) in [7, 11) is 0. The number of fused-ring (bicyclic) bond motifs is 1. The summed E-state index contributed by atoms with van der Waals surface area (Å²) in [5.41, 5.74) is 2.42. The van der Waals surface area contributed by atoms with Gasteiger partial charge in [-0.3, -0.25) is 4.79 Å². The van der Waals surface area contributed by atoms with E-state index in [2.05, 4.69) is 6.07 Å². The number of nitrogens with zero attached hydrogens (tertiary/aromatic N) is 2. The van der Waals surface area contributed by atoms with E-state index >= 15 is 0 Å². The number of aryl methyl sites for hydroxylation is 1. The lowest BCUT2D eigenvalue weighted by Crippen LogP contribution is -2.42. The Balaban J connectivity index is 2.07. The maximum Gasteiger partial charge on any atom is 0.255 e. The molecule has 3 rings (SSSR count). The Kier molecular flexibility index (Phi) is 4.40. The number of aliphatic hydroxyl groups is 1. The van der Waals surface area contributed by atoms with Gasteiger partial charge in [-0.1, -0.05) is 48.5 Å². The van der Waals surface area contributed by atoms with E-state index in [1.54, 1.807) is 11.0 Å². The normalized spacial score (nSPS) is 18.7. The lowest BCUT2D eigenvalue weighted by molar-refractivity contribution is 0.0527. The monoisotopic (exact) mass is 306 g/mol. The van der Waals surface area contributed by atoms with E-state index in [0.717, 1.165) is 11.1 Å². The third-order valence-corrected chi connectivity index (χ3v) is 4.35. The van der Waals surface area contributed by atoms with E-state index in [9.17, 15) is 15.2 Å². The zero-order valence-corrected chi connectivity index (χ0v) is 12.7. The predicted molar refractivity (Wildman–Crippen MR) is 86.6 cm³/mol. The fraction of sp³-hybridized carbons (Fsp3) is 0.263. The van der Waals surface area contributed by atoms with Crippen molar-refractivity contribution in [1.29, 1.82) is 5.26 Å². The molecule has 0 unspecified atom stereocenters. The van der Waals surface area contributed by atoms with E-state index in [4.69, 9.17) is 0 Å². The smallest absolute Gasteiger partial charge is 0.255 e. The van der Waals surface area contributed by atoms with Gasteiger partial charge >= 0.3 is 0 Å². The first-order valence-corrected chi connectivity index (χ1v) is 7.72. The van der Waals surface area contributed by atoms with Crippen LogP contribution in [0.3, 0.4) is 0 Å². The van der Waals surface area contributed by atoms with Crippen LogP contribution >= 0.6 is 0 Å². The van der Waals surface area contributed by atoms with Crippen molar-refractivity contribution in [3.05, 3.63) is 71.3 Å². The second-order valence-electron chi connectivity index (χ2n) is 5.66. The van der Waals surface area contributed by atoms with Crippen LogP contribution in [0.1, 0.15) is 33.9 Å². The van der Waals surface area contributed by atoms with Crippen LogP contribution in [0.25, 0.3) is 0 Å². The summed E-state index contributed by atoms with van der Waals surface area (Å²) in [4.78, 5) is 14.6. The first-order chi connectivity index (χ1) is 11.3. The van der Waals surface area contributed by atoms with Crippen LogP contribution in [-0.2, 0) is 6.42 Å². The Labute approximate surface area is 135 Å². The predicted octanol–water partition coefficient (Wildman–Crippen LogP) is 2.70. The van der Waals surface area contributed by atoms with Crippen LogP contribution in [0.15, 0.2) is 54.6 Å². The quantitative estimate of drug-likeness (QED) is 0.948. The molecule has 0 saturated heterocycles. The van der Waals surface area contributed by atoms with Crippen molar-refractivity contribution in [2.24, 2.45) is 0 Å². The third kappa shape index (κ3) is 2.84. The Morgan fingerprint density at radius 1 is 1.17 bits per heavy atom. The highest BCUT2D eigenvalue weighted by Crippen LogP contribution is 2.30. The van der Waals surface area contributed by atoms with Crippen LogP contribution in [0.5, 0.6) is 0 Å². The average Bonchev–Trinajstić information content (AvgIpc) is 2.75. The van der Waals surface area contributed by atoms with Gasteiger partial charge in [0.15, 0.2) is 0 Å². The van der Waals surface area contributed by atoms with Gasteiger partial charge in [0, 0.05) is 5.56 Å². The first-order valence-electron chi connectivity index (χ1n) is 7.72. The number of aliphatic hydroxyl groups excluding tert-OH is 1. The number of hydrogen-bond donors (Lipinski definition) is 1. The Morgan fingerprint density at radius 2 is 1.87 bits per heavy atom. The van der Waals surface area contributed by atoms with Crippen molar-refractivity contribution in [3.8, 4) is 6.07 Å². The van der Waals surface area contributed by atoms with Crippen molar-refractivity contribution in [3.63, 3.8) is 0 Å². The highest BCUT2D eigenvalue weighted by atomic mass is 16.3. The van der Waals surface area contributed by atoms with Crippen molar-refractivity contribution in [1.82, 2.24) is 4.90 Å². The molecule has 0 radical (unpaired) electrons. The van der Waals surface area contributed by atoms with E-state index < -0.39 is 12.1 Å². The molecule has 0 spiro atoms. The topological polar surface area (TPSA) is 64.3 Å². The van der Waals surface area contributed by atoms with Crippen LogP contribution in [0.2, 0.25) is 0 Å². The van der Waals surface area contributed by atoms with Gasteiger partial charge in [-0.05, 0) is 30.0 Å². The minimum absolute atomic E-state index is 0.187. The molecule has 1 N–H and O–H groups in total. The molecule has 2 atom stereocenters. The molecule has 2 aromatic carbocycles. The Morgan fingerprint density at radius 3 is 2.57 bits per heavy atom. The number of nitriles is 1. The van der Waals surface area contributed by atoms with Crippen LogP contribution < -0.4 is 0 Å². The van der Waals surface area contributed by atoms with Gasteiger partial charge in [0.1, 0.15) is 6.04 Å². The van der Waals surface area contributed by atoms with Crippen LogP contribution in [0.4, 0.5) is 0 Å². The summed E-state index contributed by atoms with van der Waals surface area (Å²) in [6.07, 6.45) is 1.26. The Hall–Kier alpha value is -2.64. The van der Waals surface area contributed by atoms with Gasteiger partial charge in [-0.25, -0.2) is 0 Å². The summed E-state index contributed by atoms with van der Waals surface area (Å²) < 4.78 is 0. The second kappa shape index (κ2) is 6.64. The molecule has 116 valence electrons. The largest absolute Gasteiger partial charge is 0.394 e. The van der Waals surface area contributed by atoms with Crippen LogP contribution in [-0.4, -0.2) is 28.6 Å². The van der Waals surface area contributed by atoms with E-state index in [1.807, 2.05) is 48.5 Å². The molecule has 0 fully saturated rings. The summed E-state index contributed by atoms with van der Waals surface area (Å²) in [5, 5.41) is 19.4. The minimum Gasteiger partial charge on any atom is -0.394 e. The second-order valence-corrected chi connectivity index (χ2v) is 5.66. The molecule has 1 amide bonds. The molecule has 4 nitrogen and oxygen atoms in total.